The first-order valence-electron chi connectivity index (χ1n) is 10.6. The van der Waals surface area contributed by atoms with E-state index in [9.17, 15) is 32.8 Å². The molecule has 1 aliphatic carbocycles. The molecule has 0 aromatic carbocycles. The molecule has 32 heavy (non-hydrogen) atoms. The first-order valence-corrected chi connectivity index (χ1v) is 10.6. The molecule has 2 aliphatic rings. The second kappa shape index (κ2) is 10.5. The first-order chi connectivity index (χ1) is 14.8. The Morgan fingerprint density at radius 2 is 1.72 bits per heavy atom. The van der Waals surface area contributed by atoms with Crippen LogP contribution in [0.4, 0.5) is 13.2 Å². The van der Waals surface area contributed by atoms with Crippen molar-refractivity contribution in [2.24, 2.45) is 11.3 Å². The SMILES string of the molecule is CC(C)(C)C(NC(=O)C(F)(F)F)C(=O)NC(CC1CC1)C(=O)NC(C#N)C1CNCCN1. The molecule has 3 amide bonds. The van der Waals surface area contributed by atoms with Gasteiger partial charge < -0.3 is 26.6 Å². The molecular weight excluding hydrogens is 429 g/mol. The highest BCUT2D eigenvalue weighted by Crippen LogP contribution is 2.33. The topological polar surface area (TPSA) is 135 Å². The molecular formula is C20H31F3N6O3. The van der Waals surface area contributed by atoms with Gasteiger partial charge in [0, 0.05) is 19.6 Å². The molecule has 0 aromatic heterocycles. The van der Waals surface area contributed by atoms with E-state index in [0.717, 1.165) is 19.4 Å². The van der Waals surface area contributed by atoms with Crippen molar-refractivity contribution in [2.45, 2.75) is 70.4 Å². The average Bonchev–Trinajstić information content (AvgIpc) is 3.52. The van der Waals surface area contributed by atoms with Crippen LogP contribution in [0.1, 0.15) is 40.0 Å². The molecule has 4 unspecified atom stereocenters. The molecule has 1 saturated carbocycles. The molecule has 5 N–H and O–H groups in total. The van der Waals surface area contributed by atoms with Gasteiger partial charge in [-0.05, 0) is 17.8 Å². The van der Waals surface area contributed by atoms with Crippen molar-refractivity contribution >= 4 is 17.7 Å². The quantitative estimate of drug-likeness (QED) is 0.344. The summed E-state index contributed by atoms with van der Waals surface area (Å²) in [6.45, 7) is 6.38. The highest BCUT2D eigenvalue weighted by Gasteiger charge is 2.44. The normalized spacial score (nSPS) is 22.1. The predicted molar refractivity (Wildman–Crippen MR) is 109 cm³/mol. The van der Waals surface area contributed by atoms with Gasteiger partial charge in [-0.25, -0.2) is 0 Å². The number of alkyl halides is 3. The fraction of sp³-hybridized carbons (Fsp3) is 0.800. The summed E-state index contributed by atoms with van der Waals surface area (Å²) >= 11 is 0. The van der Waals surface area contributed by atoms with E-state index in [0.29, 0.717) is 19.5 Å². The highest BCUT2D eigenvalue weighted by atomic mass is 19.4. The molecule has 0 aromatic rings. The van der Waals surface area contributed by atoms with Crippen LogP contribution in [-0.4, -0.2) is 67.7 Å². The monoisotopic (exact) mass is 460 g/mol. The Morgan fingerprint density at radius 3 is 2.19 bits per heavy atom. The van der Waals surface area contributed by atoms with E-state index >= 15 is 0 Å². The van der Waals surface area contributed by atoms with Crippen molar-refractivity contribution in [1.29, 1.82) is 5.26 Å². The van der Waals surface area contributed by atoms with Crippen LogP contribution in [0.2, 0.25) is 0 Å². The zero-order chi connectivity index (χ0) is 24.1. The summed E-state index contributed by atoms with van der Waals surface area (Å²) in [7, 11) is 0. The molecule has 1 saturated heterocycles. The smallest absolute Gasteiger partial charge is 0.342 e. The van der Waals surface area contributed by atoms with Gasteiger partial charge in [0.1, 0.15) is 18.1 Å². The Bertz CT molecular complexity index is 736. The summed E-state index contributed by atoms with van der Waals surface area (Å²) in [5.41, 5.74) is -1.04. The van der Waals surface area contributed by atoms with Gasteiger partial charge >= 0.3 is 12.1 Å². The fourth-order valence-corrected chi connectivity index (χ4v) is 3.45. The van der Waals surface area contributed by atoms with Gasteiger partial charge in [0.05, 0.1) is 12.1 Å². The Kier molecular flexibility index (Phi) is 8.47. The molecule has 9 nitrogen and oxygen atoms in total. The number of piperazine rings is 1. The predicted octanol–water partition coefficient (Wildman–Crippen LogP) is -0.0657. The molecule has 12 heteroatoms. The lowest BCUT2D eigenvalue weighted by molar-refractivity contribution is -0.175. The van der Waals surface area contributed by atoms with Crippen LogP contribution in [0, 0.1) is 22.7 Å². The van der Waals surface area contributed by atoms with Crippen LogP contribution >= 0.6 is 0 Å². The average molecular weight is 461 g/mol. The van der Waals surface area contributed by atoms with Gasteiger partial charge in [-0.1, -0.05) is 33.6 Å². The number of halogens is 3. The largest absolute Gasteiger partial charge is 0.471 e. The minimum atomic E-state index is -5.14. The number of nitriles is 1. The van der Waals surface area contributed by atoms with Gasteiger partial charge in [-0.15, -0.1) is 0 Å². The maximum absolute atomic E-state index is 12.9. The number of carbonyl (C=O) groups excluding carboxylic acids is 3. The summed E-state index contributed by atoms with van der Waals surface area (Å²) in [5, 5.41) is 22.6. The number of carbonyl (C=O) groups is 3. The molecule has 2 fully saturated rings. The van der Waals surface area contributed by atoms with E-state index in [1.165, 1.54) is 20.8 Å². The van der Waals surface area contributed by atoms with Crippen LogP contribution in [-0.2, 0) is 14.4 Å². The van der Waals surface area contributed by atoms with Gasteiger partial charge in [0.2, 0.25) is 11.8 Å². The number of hydrogen-bond acceptors (Lipinski definition) is 6. The zero-order valence-corrected chi connectivity index (χ0v) is 18.4. The van der Waals surface area contributed by atoms with Crippen LogP contribution in [0.3, 0.4) is 0 Å². The Balaban J connectivity index is 2.11. The van der Waals surface area contributed by atoms with Gasteiger partial charge in [0.25, 0.3) is 0 Å². The lowest BCUT2D eigenvalue weighted by Crippen LogP contribution is -2.62. The van der Waals surface area contributed by atoms with Crippen molar-refractivity contribution in [3.63, 3.8) is 0 Å². The van der Waals surface area contributed by atoms with Gasteiger partial charge in [0.15, 0.2) is 0 Å². The molecule has 2 rings (SSSR count). The van der Waals surface area contributed by atoms with E-state index in [4.69, 9.17) is 0 Å². The lowest BCUT2D eigenvalue weighted by atomic mass is 9.85. The van der Waals surface area contributed by atoms with Gasteiger partial charge in [-0.2, -0.15) is 18.4 Å². The van der Waals surface area contributed by atoms with Crippen LogP contribution in [0.25, 0.3) is 0 Å². The number of amides is 3. The van der Waals surface area contributed by atoms with E-state index in [2.05, 4.69) is 21.3 Å². The highest BCUT2D eigenvalue weighted by molar-refractivity contribution is 5.93. The van der Waals surface area contributed by atoms with Crippen molar-refractivity contribution in [2.75, 3.05) is 19.6 Å². The second-order valence-corrected chi connectivity index (χ2v) is 9.39. The number of hydrogen-bond donors (Lipinski definition) is 5. The molecule has 180 valence electrons. The molecule has 0 radical (unpaired) electrons. The third kappa shape index (κ3) is 7.63. The van der Waals surface area contributed by atoms with Gasteiger partial charge in [-0.3, -0.25) is 14.4 Å². The molecule has 0 bridgehead atoms. The minimum absolute atomic E-state index is 0.207. The standard InChI is InChI=1S/C20H31F3N6O3/c1-19(2,3)15(29-18(32)20(21,22)23)17(31)27-12(8-11-4-5-11)16(30)28-13(9-24)14-10-25-6-7-26-14/h11-15,25-26H,4-8,10H2,1-3H3,(H,27,31)(H,28,30)(H,29,32). The van der Waals surface area contributed by atoms with E-state index in [1.54, 1.807) is 5.32 Å². The summed E-state index contributed by atoms with van der Waals surface area (Å²) in [6, 6.07) is -1.67. The molecule has 1 aliphatic heterocycles. The maximum atomic E-state index is 12.9. The van der Waals surface area contributed by atoms with E-state index < -0.39 is 47.4 Å². The first kappa shape index (κ1) is 25.9. The van der Waals surface area contributed by atoms with Crippen molar-refractivity contribution in [1.82, 2.24) is 26.6 Å². The number of nitrogens with zero attached hydrogens (tertiary/aromatic N) is 1. The molecule has 4 atom stereocenters. The van der Waals surface area contributed by atoms with Crippen LogP contribution in [0.15, 0.2) is 0 Å². The van der Waals surface area contributed by atoms with Crippen molar-refractivity contribution in [3.8, 4) is 6.07 Å². The second-order valence-electron chi connectivity index (χ2n) is 9.39. The zero-order valence-electron chi connectivity index (χ0n) is 18.4. The van der Waals surface area contributed by atoms with E-state index in [-0.39, 0.29) is 12.0 Å². The molecule has 0 spiro atoms. The van der Waals surface area contributed by atoms with Crippen LogP contribution < -0.4 is 26.6 Å². The number of nitrogens with one attached hydrogen (secondary N) is 5. The Labute approximate surface area is 185 Å². The van der Waals surface area contributed by atoms with Crippen molar-refractivity contribution < 1.29 is 27.6 Å². The molecule has 1 heterocycles. The number of rotatable bonds is 8. The summed E-state index contributed by atoms with van der Waals surface area (Å²) < 4.78 is 38.2. The summed E-state index contributed by atoms with van der Waals surface area (Å²) in [5.74, 6) is -3.49. The third-order valence-corrected chi connectivity index (χ3v) is 5.47. The third-order valence-electron chi connectivity index (χ3n) is 5.47. The fourth-order valence-electron chi connectivity index (χ4n) is 3.45. The summed E-state index contributed by atoms with van der Waals surface area (Å²) in [4.78, 5) is 37.2. The minimum Gasteiger partial charge on any atom is -0.342 e. The van der Waals surface area contributed by atoms with E-state index in [1.807, 2.05) is 6.07 Å². The summed E-state index contributed by atoms with van der Waals surface area (Å²) in [6.07, 6.45) is -3.09. The Morgan fingerprint density at radius 1 is 1.06 bits per heavy atom. The van der Waals surface area contributed by atoms with Crippen LogP contribution in [0.5, 0.6) is 0 Å². The Hall–Kier alpha value is -2.39. The van der Waals surface area contributed by atoms with Crippen molar-refractivity contribution in [3.05, 3.63) is 0 Å². The lowest BCUT2D eigenvalue weighted by Gasteiger charge is -2.33. The maximum Gasteiger partial charge on any atom is 0.471 e.